The van der Waals surface area contributed by atoms with E-state index in [-0.39, 0.29) is 28.1 Å². The highest BCUT2D eigenvalue weighted by Gasteiger charge is 2.40. The molecule has 2 unspecified atom stereocenters. The van der Waals surface area contributed by atoms with Gasteiger partial charge in [-0.2, -0.15) is 4.98 Å². The van der Waals surface area contributed by atoms with Gasteiger partial charge in [-0.3, -0.25) is 9.69 Å². The number of carbonyl (C=O) groups is 1. The standard InChI is InChI=1S/C26H39N5O5S/c1-17-13-20(35-6)14-18(2)23(17)37(33,34)16-22-28-25(36-29-22)24(32)27-21-8-7-19(15-26(21,3)4)31-11-9-30(5)10-12-31/h13-14,19,21H,7-12,15-16H2,1-6H3,(H,27,32). The van der Waals surface area contributed by atoms with Crippen LogP contribution in [0.3, 0.4) is 0 Å². The van der Waals surface area contributed by atoms with Crippen molar-refractivity contribution < 1.29 is 22.5 Å². The first kappa shape index (κ1) is 27.5. The number of ether oxygens (including phenoxy) is 1. The van der Waals surface area contributed by atoms with Crippen LogP contribution in [0, 0.1) is 19.3 Å². The maximum Gasteiger partial charge on any atom is 0.315 e. The highest BCUT2D eigenvalue weighted by molar-refractivity contribution is 7.90. The minimum atomic E-state index is -3.76. The van der Waals surface area contributed by atoms with Crippen LogP contribution in [0.1, 0.15) is 60.7 Å². The normalized spacial score (nSPS) is 23.1. The van der Waals surface area contributed by atoms with E-state index in [0.29, 0.717) is 22.9 Å². The molecule has 1 saturated heterocycles. The van der Waals surface area contributed by atoms with Gasteiger partial charge in [0.05, 0.1) is 12.0 Å². The number of likely N-dealkylation sites (N-methyl/N-ethyl adjacent to an activating group) is 1. The largest absolute Gasteiger partial charge is 0.497 e. The number of nitrogens with one attached hydrogen (secondary N) is 1. The number of benzene rings is 1. The lowest BCUT2D eigenvalue weighted by Crippen LogP contribution is -2.56. The first-order valence-corrected chi connectivity index (χ1v) is 14.5. The topological polar surface area (TPSA) is 118 Å². The molecule has 1 aliphatic heterocycles. The van der Waals surface area contributed by atoms with E-state index >= 15 is 0 Å². The summed E-state index contributed by atoms with van der Waals surface area (Å²) in [5.41, 5.74) is 1.05. The Balaban J connectivity index is 1.39. The van der Waals surface area contributed by atoms with E-state index in [9.17, 15) is 13.2 Å². The van der Waals surface area contributed by atoms with E-state index in [4.69, 9.17) is 9.26 Å². The molecule has 0 bridgehead atoms. The zero-order valence-electron chi connectivity index (χ0n) is 22.7. The molecule has 2 aromatic rings. The lowest BCUT2D eigenvalue weighted by atomic mass is 9.70. The molecule has 0 radical (unpaired) electrons. The van der Waals surface area contributed by atoms with Gasteiger partial charge < -0.3 is 19.5 Å². The predicted octanol–water partition coefficient (Wildman–Crippen LogP) is 2.59. The maximum absolute atomic E-state index is 13.1. The number of hydrogen-bond acceptors (Lipinski definition) is 9. The van der Waals surface area contributed by atoms with Crippen LogP contribution in [-0.2, 0) is 15.6 Å². The molecule has 37 heavy (non-hydrogen) atoms. The van der Waals surface area contributed by atoms with Gasteiger partial charge in [0, 0.05) is 38.3 Å². The summed E-state index contributed by atoms with van der Waals surface area (Å²) in [6.07, 6.45) is 2.88. The molecule has 2 heterocycles. The molecule has 1 aromatic carbocycles. The van der Waals surface area contributed by atoms with Crippen molar-refractivity contribution in [3.8, 4) is 5.75 Å². The Labute approximate surface area is 219 Å². The first-order chi connectivity index (χ1) is 17.4. The summed E-state index contributed by atoms with van der Waals surface area (Å²) in [7, 11) is -0.0618. The fourth-order valence-corrected chi connectivity index (χ4v) is 7.45. The van der Waals surface area contributed by atoms with Crippen molar-refractivity contribution in [2.45, 2.75) is 69.7 Å². The van der Waals surface area contributed by atoms with Crippen LogP contribution in [-0.4, -0.2) is 86.7 Å². The Bertz CT molecular complexity index is 1210. The molecular weight excluding hydrogens is 494 g/mol. The molecule has 4 rings (SSSR count). The van der Waals surface area contributed by atoms with Gasteiger partial charge in [0.25, 0.3) is 0 Å². The minimum absolute atomic E-state index is 0.0348. The number of sulfone groups is 1. The third-order valence-corrected chi connectivity index (χ3v) is 9.72. The zero-order chi connectivity index (χ0) is 27.0. The highest BCUT2D eigenvalue weighted by Crippen LogP contribution is 2.38. The van der Waals surface area contributed by atoms with Gasteiger partial charge in [-0.1, -0.05) is 19.0 Å². The average Bonchev–Trinajstić information content (AvgIpc) is 3.27. The number of rotatable bonds is 7. The lowest BCUT2D eigenvalue weighted by Gasteiger charge is -2.47. The summed E-state index contributed by atoms with van der Waals surface area (Å²) in [6.45, 7) is 12.1. The van der Waals surface area contributed by atoms with Crippen molar-refractivity contribution in [2.75, 3.05) is 40.3 Å². The van der Waals surface area contributed by atoms with Gasteiger partial charge in [0.15, 0.2) is 15.7 Å². The summed E-state index contributed by atoms with van der Waals surface area (Å²) in [6, 6.07) is 3.83. The average molecular weight is 534 g/mol. The summed E-state index contributed by atoms with van der Waals surface area (Å²) >= 11 is 0. The second-order valence-electron chi connectivity index (χ2n) is 11.2. The molecule has 11 heteroatoms. The monoisotopic (exact) mass is 533 g/mol. The van der Waals surface area contributed by atoms with Gasteiger partial charge in [-0.15, -0.1) is 0 Å². The van der Waals surface area contributed by atoms with E-state index in [1.807, 2.05) is 0 Å². The zero-order valence-corrected chi connectivity index (χ0v) is 23.5. The summed E-state index contributed by atoms with van der Waals surface area (Å²) in [4.78, 5) is 22.2. The first-order valence-electron chi connectivity index (χ1n) is 12.8. The van der Waals surface area contributed by atoms with Crippen LogP contribution in [0.5, 0.6) is 5.75 Å². The van der Waals surface area contributed by atoms with Crippen molar-refractivity contribution in [1.29, 1.82) is 0 Å². The second kappa shape index (κ2) is 10.7. The molecule has 1 amide bonds. The smallest absolute Gasteiger partial charge is 0.315 e. The Morgan fingerprint density at radius 1 is 1.16 bits per heavy atom. The van der Waals surface area contributed by atoms with Gasteiger partial charge in [-0.25, -0.2) is 8.42 Å². The van der Waals surface area contributed by atoms with Crippen LogP contribution in [0.15, 0.2) is 21.6 Å². The Morgan fingerprint density at radius 3 is 2.41 bits per heavy atom. The number of aromatic nitrogens is 2. The molecule has 1 N–H and O–H groups in total. The number of methoxy groups -OCH3 is 1. The molecule has 10 nitrogen and oxygen atoms in total. The maximum atomic E-state index is 13.1. The Morgan fingerprint density at radius 2 is 1.81 bits per heavy atom. The van der Waals surface area contributed by atoms with Gasteiger partial charge in [0.2, 0.25) is 0 Å². The van der Waals surface area contributed by atoms with Gasteiger partial charge >= 0.3 is 11.8 Å². The van der Waals surface area contributed by atoms with Crippen LogP contribution < -0.4 is 10.1 Å². The molecule has 1 aliphatic carbocycles. The van der Waals surface area contributed by atoms with Crippen LogP contribution in [0.4, 0.5) is 0 Å². The molecule has 1 saturated carbocycles. The number of amides is 1. The van der Waals surface area contributed by atoms with Crippen molar-refractivity contribution in [1.82, 2.24) is 25.3 Å². The van der Waals surface area contributed by atoms with Crippen LogP contribution in [0.2, 0.25) is 0 Å². The molecule has 1 aromatic heterocycles. The second-order valence-corrected chi connectivity index (χ2v) is 13.1. The lowest BCUT2D eigenvalue weighted by molar-refractivity contribution is 0.0363. The molecule has 2 fully saturated rings. The summed E-state index contributed by atoms with van der Waals surface area (Å²) in [5.74, 6) is -0.598. The molecule has 204 valence electrons. The minimum Gasteiger partial charge on any atom is -0.497 e. The number of nitrogens with zero attached hydrogens (tertiary/aromatic N) is 4. The van der Waals surface area contributed by atoms with E-state index < -0.39 is 21.5 Å². The van der Waals surface area contributed by atoms with Crippen molar-refractivity contribution in [2.24, 2.45) is 5.41 Å². The SMILES string of the molecule is COc1cc(C)c(S(=O)(=O)Cc2noc(C(=O)NC3CCC(N4CCN(C)CC4)CC3(C)C)n2)c(C)c1. The van der Waals surface area contributed by atoms with E-state index in [2.05, 4.69) is 46.2 Å². The Kier molecular flexibility index (Phi) is 7.96. The molecule has 2 atom stereocenters. The highest BCUT2D eigenvalue weighted by atomic mass is 32.2. The fourth-order valence-electron chi connectivity index (χ4n) is 5.75. The Hall–Kier alpha value is -2.50. The fraction of sp³-hybridized carbons (Fsp3) is 0.654. The predicted molar refractivity (Wildman–Crippen MR) is 139 cm³/mol. The van der Waals surface area contributed by atoms with E-state index in [1.165, 1.54) is 7.11 Å². The van der Waals surface area contributed by atoms with Crippen molar-refractivity contribution in [3.63, 3.8) is 0 Å². The number of aryl methyl sites for hydroxylation is 2. The summed E-state index contributed by atoms with van der Waals surface area (Å²) in [5, 5.41) is 6.86. The van der Waals surface area contributed by atoms with E-state index in [1.54, 1.807) is 26.0 Å². The van der Waals surface area contributed by atoms with Crippen LogP contribution >= 0.6 is 0 Å². The van der Waals surface area contributed by atoms with Gasteiger partial charge in [-0.05, 0) is 68.8 Å². The van der Waals surface area contributed by atoms with Crippen molar-refractivity contribution in [3.05, 3.63) is 35.0 Å². The molecule has 2 aliphatic rings. The third-order valence-electron chi connectivity index (χ3n) is 7.82. The van der Waals surface area contributed by atoms with E-state index in [0.717, 1.165) is 45.4 Å². The number of carbonyl (C=O) groups excluding carboxylic acids is 1. The number of hydrogen-bond donors (Lipinski definition) is 1. The summed E-state index contributed by atoms with van der Waals surface area (Å²) < 4.78 is 36.7. The molecule has 0 spiro atoms. The number of piperazine rings is 1. The quantitative estimate of drug-likeness (QED) is 0.573. The van der Waals surface area contributed by atoms with Crippen molar-refractivity contribution >= 4 is 15.7 Å². The third kappa shape index (κ3) is 6.15. The molecular formula is C26H39N5O5S. The van der Waals surface area contributed by atoms with Gasteiger partial charge in [0.1, 0.15) is 11.5 Å². The van der Waals surface area contributed by atoms with Crippen LogP contribution in [0.25, 0.3) is 0 Å².